The maximum atomic E-state index is 5.97. The Morgan fingerprint density at radius 3 is 1.74 bits per heavy atom. The topological polar surface area (TPSA) is 36.9 Å². The van der Waals surface area contributed by atoms with Crippen LogP contribution in [0.5, 0.6) is 0 Å². The fourth-order valence-electron chi connectivity index (χ4n) is 2.48. The van der Waals surface area contributed by atoms with E-state index in [1.807, 2.05) is 27.7 Å². The van der Waals surface area contributed by atoms with E-state index < -0.39 is 5.79 Å². The SMILES string of the molecule is CCC(C)(C)OOC1(OOC(C)(C)CC)CC(C)(C)CCC1C. The normalized spacial score (nSPS) is 24.7. The molecule has 0 aliphatic heterocycles. The molecule has 1 aliphatic rings. The highest BCUT2D eigenvalue weighted by atomic mass is 17.3. The first-order valence-electron chi connectivity index (χ1n) is 9.11. The lowest BCUT2D eigenvalue weighted by atomic mass is 9.70. The van der Waals surface area contributed by atoms with Crippen LogP contribution in [0.25, 0.3) is 0 Å². The molecule has 0 saturated heterocycles. The molecule has 0 radical (unpaired) electrons. The van der Waals surface area contributed by atoms with Crippen molar-refractivity contribution in [1.82, 2.24) is 0 Å². The Morgan fingerprint density at radius 1 is 0.913 bits per heavy atom. The van der Waals surface area contributed by atoms with Crippen LogP contribution in [0.3, 0.4) is 0 Å². The standard InChI is InChI=1S/C19H38O4/c1-10-17(6,7)20-22-19(23-21-18(8,9)11-2)14-16(4,5)13-12-15(19)3/h15H,10-14H2,1-9H3. The zero-order chi connectivity index (χ0) is 17.9. The molecule has 4 heteroatoms. The predicted octanol–water partition coefficient (Wildman–Crippen LogP) is 5.80. The van der Waals surface area contributed by atoms with Crippen molar-refractivity contribution >= 4 is 0 Å². The van der Waals surface area contributed by atoms with Crippen LogP contribution in [0.2, 0.25) is 0 Å². The van der Waals surface area contributed by atoms with Gasteiger partial charge in [0.05, 0.1) is 11.2 Å². The summed E-state index contributed by atoms with van der Waals surface area (Å²) in [6.45, 7) is 18.9. The van der Waals surface area contributed by atoms with E-state index in [0.29, 0.717) is 0 Å². The van der Waals surface area contributed by atoms with E-state index in [4.69, 9.17) is 19.6 Å². The Kier molecular flexibility index (Phi) is 6.70. The Labute approximate surface area is 143 Å². The second kappa shape index (κ2) is 7.38. The number of hydrogen-bond acceptors (Lipinski definition) is 4. The summed E-state index contributed by atoms with van der Waals surface area (Å²) in [6, 6.07) is 0. The quantitative estimate of drug-likeness (QED) is 0.320. The molecular weight excluding hydrogens is 292 g/mol. The Morgan fingerprint density at radius 2 is 1.35 bits per heavy atom. The third-order valence-corrected chi connectivity index (χ3v) is 5.25. The molecule has 1 fully saturated rings. The van der Waals surface area contributed by atoms with Crippen molar-refractivity contribution < 1.29 is 19.6 Å². The van der Waals surface area contributed by atoms with Gasteiger partial charge < -0.3 is 0 Å². The molecule has 0 spiro atoms. The van der Waals surface area contributed by atoms with E-state index in [9.17, 15) is 0 Å². The number of hydrogen-bond donors (Lipinski definition) is 0. The van der Waals surface area contributed by atoms with Gasteiger partial charge in [-0.05, 0) is 58.8 Å². The van der Waals surface area contributed by atoms with Crippen molar-refractivity contribution in [3.05, 3.63) is 0 Å². The van der Waals surface area contributed by atoms with Crippen molar-refractivity contribution in [2.24, 2.45) is 11.3 Å². The average Bonchev–Trinajstić information content (AvgIpc) is 2.47. The summed E-state index contributed by atoms with van der Waals surface area (Å²) in [6.07, 6.45) is 4.65. The first-order valence-corrected chi connectivity index (χ1v) is 9.11. The zero-order valence-corrected chi connectivity index (χ0v) is 16.7. The van der Waals surface area contributed by atoms with Gasteiger partial charge >= 0.3 is 0 Å². The van der Waals surface area contributed by atoms with Gasteiger partial charge in [0, 0.05) is 12.3 Å². The molecule has 4 nitrogen and oxygen atoms in total. The van der Waals surface area contributed by atoms with Crippen LogP contribution < -0.4 is 0 Å². The highest BCUT2D eigenvalue weighted by Gasteiger charge is 2.51. The Balaban J connectivity index is 2.94. The second-order valence-corrected chi connectivity index (χ2v) is 9.15. The minimum absolute atomic E-state index is 0.131. The summed E-state index contributed by atoms with van der Waals surface area (Å²) >= 11 is 0. The molecule has 0 bridgehead atoms. The summed E-state index contributed by atoms with van der Waals surface area (Å²) < 4.78 is 0. The van der Waals surface area contributed by atoms with Crippen molar-refractivity contribution in [3.63, 3.8) is 0 Å². The van der Waals surface area contributed by atoms with Crippen LogP contribution in [-0.4, -0.2) is 17.0 Å². The second-order valence-electron chi connectivity index (χ2n) is 9.15. The van der Waals surface area contributed by atoms with Gasteiger partial charge in [0.25, 0.3) is 0 Å². The fourth-order valence-corrected chi connectivity index (χ4v) is 2.48. The monoisotopic (exact) mass is 330 g/mol. The van der Waals surface area contributed by atoms with Gasteiger partial charge in [-0.3, -0.25) is 0 Å². The molecule has 0 aromatic heterocycles. The van der Waals surface area contributed by atoms with Gasteiger partial charge in [-0.15, -0.1) is 0 Å². The minimum atomic E-state index is -0.860. The van der Waals surface area contributed by atoms with Crippen molar-refractivity contribution in [2.45, 2.75) is 111 Å². The van der Waals surface area contributed by atoms with E-state index in [0.717, 1.165) is 32.1 Å². The smallest absolute Gasteiger partial charge is 0.228 e. The molecule has 0 amide bonds. The molecule has 1 unspecified atom stereocenters. The van der Waals surface area contributed by atoms with Crippen LogP contribution in [0.4, 0.5) is 0 Å². The Bertz CT molecular complexity index is 354. The maximum Gasteiger partial charge on any atom is 0.237 e. The van der Waals surface area contributed by atoms with Crippen LogP contribution in [-0.2, 0) is 19.6 Å². The van der Waals surface area contributed by atoms with Crippen molar-refractivity contribution in [1.29, 1.82) is 0 Å². The molecule has 23 heavy (non-hydrogen) atoms. The fraction of sp³-hybridized carbons (Fsp3) is 1.00. The van der Waals surface area contributed by atoms with Gasteiger partial charge in [-0.1, -0.05) is 34.6 Å². The lowest BCUT2D eigenvalue weighted by Crippen LogP contribution is -2.51. The van der Waals surface area contributed by atoms with Gasteiger partial charge in [0.2, 0.25) is 5.79 Å². The molecule has 138 valence electrons. The molecule has 0 aromatic rings. The maximum absolute atomic E-state index is 5.97. The Hall–Kier alpha value is -0.160. The molecule has 0 N–H and O–H groups in total. The van der Waals surface area contributed by atoms with Crippen LogP contribution >= 0.6 is 0 Å². The summed E-state index contributed by atoms with van der Waals surface area (Å²) in [4.78, 5) is 23.5. The van der Waals surface area contributed by atoms with Crippen LogP contribution in [0.15, 0.2) is 0 Å². The van der Waals surface area contributed by atoms with Gasteiger partial charge in [-0.25, -0.2) is 9.78 Å². The molecule has 1 saturated carbocycles. The molecule has 0 heterocycles. The summed E-state index contributed by atoms with van der Waals surface area (Å²) in [7, 11) is 0. The molecule has 0 aromatic carbocycles. The largest absolute Gasteiger partial charge is 0.237 e. The van der Waals surface area contributed by atoms with Crippen LogP contribution in [0, 0.1) is 11.3 Å². The first-order chi connectivity index (χ1) is 10.4. The summed E-state index contributed by atoms with van der Waals surface area (Å²) in [5.74, 6) is -0.656. The summed E-state index contributed by atoms with van der Waals surface area (Å²) in [5.41, 5.74) is -0.568. The molecule has 1 atom stereocenters. The highest BCUT2D eigenvalue weighted by molar-refractivity contribution is 4.89. The molecular formula is C19H38O4. The molecule has 1 rings (SSSR count). The first kappa shape index (κ1) is 20.9. The van der Waals surface area contributed by atoms with E-state index in [-0.39, 0.29) is 22.5 Å². The predicted molar refractivity (Wildman–Crippen MR) is 92.6 cm³/mol. The third kappa shape index (κ3) is 6.00. The van der Waals surface area contributed by atoms with Crippen molar-refractivity contribution in [2.75, 3.05) is 0 Å². The van der Waals surface area contributed by atoms with Gasteiger partial charge in [0.1, 0.15) is 0 Å². The average molecular weight is 331 g/mol. The minimum Gasteiger partial charge on any atom is -0.228 e. The highest BCUT2D eigenvalue weighted by Crippen LogP contribution is 2.48. The van der Waals surface area contributed by atoms with Crippen LogP contribution in [0.1, 0.15) is 94.4 Å². The lowest BCUT2D eigenvalue weighted by Gasteiger charge is -2.47. The third-order valence-electron chi connectivity index (χ3n) is 5.25. The van der Waals surface area contributed by atoms with E-state index in [2.05, 4.69) is 34.6 Å². The number of rotatable bonds is 8. The lowest BCUT2D eigenvalue weighted by molar-refractivity contribution is -0.560. The van der Waals surface area contributed by atoms with Gasteiger partial charge in [-0.2, -0.15) is 9.78 Å². The van der Waals surface area contributed by atoms with E-state index >= 15 is 0 Å². The van der Waals surface area contributed by atoms with E-state index in [1.165, 1.54) is 0 Å². The van der Waals surface area contributed by atoms with Gasteiger partial charge in [0.15, 0.2) is 0 Å². The van der Waals surface area contributed by atoms with Crippen molar-refractivity contribution in [3.8, 4) is 0 Å². The zero-order valence-electron chi connectivity index (χ0n) is 16.7. The summed E-state index contributed by atoms with van der Waals surface area (Å²) in [5, 5.41) is 0. The molecule has 1 aliphatic carbocycles. The van der Waals surface area contributed by atoms with E-state index in [1.54, 1.807) is 0 Å².